The molecule has 7 aromatic rings. The van der Waals surface area contributed by atoms with Gasteiger partial charge in [0.05, 0.1) is 13.6 Å². The van der Waals surface area contributed by atoms with Crippen molar-refractivity contribution in [2.75, 3.05) is 9.80 Å². The molecule has 2 saturated carbocycles. The molecular weight excluding hydrogens is 1000 g/mol. The zero-order valence-electron chi connectivity index (χ0n) is 44.3. The van der Waals surface area contributed by atoms with Gasteiger partial charge in [-0.05, 0) is 106 Å². The molecule has 0 saturated heterocycles. The average Bonchev–Trinajstić information content (AvgIpc) is 3.88. The van der Waals surface area contributed by atoms with Crippen molar-refractivity contribution in [3.63, 3.8) is 0 Å². The summed E-state index contributed by atoms with van der Waals surface area (Å²) in [6.45, 7) is 23.0. The number of aromatic nitrogens is 2. The summed E-state index contributed by atoms with van der Waals surface area (Å²) in [5.41, 5.74) is 10.9. The van der Waals surface area contributed by atoms with Gasteiger partial charge in [0.25, 0.3) is 0 Å². The van der Waals surface area contributed by atoms with E-state index in [1.807, 2.05) is 28.8 Å². The third-order valence-electron chi connectivity index (χ3n) is 14.3. The molecular formula is C59H67N4OPtSi-3. The number of hydrogen-bond acceptors (Lipinski definition) is 4. The first-order chi connectivity index (χ1) is 32.8. The predicted molar refractivity (Wildman–Crippen MR) is 276 cm³/mol. The summed E-state index contributed by atoms with van der Waals surface area (Å²) in [6, 6.07) is 32.7. The predicted octanol–water partition coefficient (Wildman–Crippen LogP) is 16.2. The molecule has 346 valence electrons. The van der Waals surface area contributed by atoms with Crippen LogP contribution in [0.1, 0.15) is 145 Å². The Morgan fingerprint density at radius 2 is 1.30 bits per heavy atom. The minimum atomic E-state index is -1.94. The fraction of sp³-hybridized carbons (Fsp3) is 0.390. The zero-order valence-corrected chi connectivity index (χ0v) is 43.6. The van der Waals surface area contributed by atoms with E-state index in [-0.39, 0.29) is 56.1 Å². The number of nitrogens with zero attached hydrogens (tertiary/aromatic N) is 4. The van der Waals surface area contributed by atoms with Gasteiger partial charge in [0.2, 0.25) is 0 Å². The van der Waals surface area contributed by atoms with E-state index < -0.39 is 8.07 Å². The van der Waals surface area contributed by atoms with Gasteiger partial charge in [-0.15, -0.1) is 42.0 Å². The van der Waals surface area contributed by atoms with Crippen LogP contribution in [0.15, 0.2) is 103 Å². The molecule has 2 aromatic heterocycles. The number of fused-ring (bicyclic) bond motifs is 4. The van der Waals surface area contributed by atoms with Gasteiger partial charge in [-0.3, -0.25) is 0 Å². The molecule has 7 heteroatoms. The summed E-state index contributed by atoms with van der Waals surface area (Å²) in [5, 5.41) is 2.31. The monoisotopic (exact) mass is 1070 g/mol. The van der Waals surface area contributed by atoms with Crippen LogP contribution in [0.3, 0.4) is 0 Å². The summed E-state index contributed by atoms with van der Waals surface area (Å²) in [7, 11) is -1.94. The van der Waals surface area contributed by atoms with Crippen LogP contribution in [0.2, 0.25) is 19.6 Å². The van der Waals surface area contributed by atoms with Crippen molar-refractivity contribution >= 4 is 57.8 Å². The van der Waals surface area contributed by atoms with Crippen molar-refractivity contribution in [1.29, 1.82) is 0 Å². The molecule has 3 heterocycles. The van der Waals surface area contributed by atoms with E-state index in [9.17, 15) is 0 Å². The second-order valence-electron chi connectivity index (χ2n) is 22.0. The average molecular weight is 1080 g/mol. The molecule has 0 amide bonds. The Balaban J connectivity index is 0.00000608. The van der Waals surface area contributed by atoms with E-state index in [2.05, 4.69) is 138 Å². The number of rotatable bonds is 8. The van der Waals surface area contributed by atoms with Crippen molar-refractivity contribution < 1.29 is 31.3 Å². The van der Waals surface area contributed by atoms with Crippen molar-refractivity contribution in [1.82, 2.24) is 9.55 Å². The molecule has 0 atom stereocenters. The van der Waals surface area contributed by atoms with Crippen LogP contribution >= 0.6 is 0 Å². The van der Waals surface area contributed by atoms with Crippen LogP contribution in [-0.4, -0.2) is 17.6 Å². The molecule has 3 aliphatic rings. The van der Waals surface area contributed by atoms with E-state index in [0.717, 1.165) is 16.9 Å². The van der Waals surface area contributed by atoms with Crippen LogP contribution in [0.5, 0.6) is 11.5 Å². The van der Waals surface area contributed by atoms with E-state index >= 15 is 0 Å². The first-order valence-corrected chi connectivity index (χ1v) is 27.7. The summed E-state index contributed by atoms with van der Waals surface area (Å²) >= 11 is 0. The maximum Gasteiger partial charge on any atom is 0.135 e. The van der Waals surface area contributed by atoms with Crippen LogP contribution < -0.4 is 19.7 Å². The second kappa shape index (κ2) is 18.1. The molecule has 66 heavy (non-hydrogen) atoms. The quantitative estimate of drug-likeness (QED) is 0.112. The molecule has 2 fully saturated rings. The largest absolute Gasteiger partial charge is 0.509 e. The van der Waals surface area contributed by atoms with Crippen molar-refractivity contribution in [3.05, 3.63) is 144 Å². The van der Waals surface area contributed by atoms with E-state index in [1.165, 1.54) is 97.5 Å². The van der Waals surface area contributed by atoms with E-state index in [0.29, 0.717) is 51.0 Å². The zero-order chi connectivity index (χ0) is 48.7. The van der Waals surface area contributed by atoms with Crippen LogP contribution in [0.4, 0.5) is 22.7 Å². The summed E-state index contributed by atoms with van der Waals surface area (Å²) < 4.78 is 44.2. The van der Waals surface area contributed by atoms with Crippen LogP contribution in [0.25, 0.3) is 27.6 Å². The number of pyridine rings is 1. The SMILES string of the molecule is [2H]c1c([2H])c([2H])c2c(c1[2H])c1ccc(Oc3[c-]c(N4[CH-]N(c5c(C6CCCCC6)cc(C(C)(C)C)cc5C5CCCCC5)c5ccccc54)cc([Si](C)(C)C)c3)[c-]c1n2-c1cc(C(C)(C)C)ccn1.[Pt]. The fourth-order valence-electron chi connectivity index (χ4n) is 10.5. The normalized spacial score (nSPS) is 17.3. The van der Waals surface area contributed by atoms with Gasteiger partial charge in [0.1, 0.15) is 5.82 Å². The van der Waals surface area contributed by atoms with Crippen LogP contribution in [0, 0.1) is 18.8 Å². The Bertz CT molecular complexity index is 3080. The van der Waals surface area contributed by atoms with Gasteiger partial charge in [-0.25, -0.2) is 4.98 Å². The van der Waals surface area contributed by atoms with Gasteiger partial charge in [-0.1, -0.05) is 148 Å². The number of para-hydroxylation sites is 3. The van der Waals surface area contributed by atoms with Gasteiger partial charge >= 0.3 is 0 Å². The molecule has 10 rings (SSSR count). The third-order valence-corrected chi connectivity index (χ3v) is 16.3. The third kappa shape index (κ3) is 8.94. The fourth-order valence-corrected chi connectivity index (χ4v) is 11.6. The molecule has 5 nitrogen and oxygen atoms in total. The molecule has 1 aliphatic heterocycles. The first-order valence-electron chi connectivity index (χ1n) is 26.2. The minimum absolute atomic E-state index is 0. The van der Waals surface area contributed by atoms with Gasteiger partial charge in [-0.2, -0.15) is 17.3 Å². The van der Waals surface area contributed by atoms with Crippen molar-refractivity contribution in [2.45, 2.75) is 148 Å². The molecule has 2 aliphatic carbocycles. The van der Waals surface area contributed by atoms with Crippen molar-refractivity contribution in [2.24, 2.45) is 0 Å². The molecule has 0 bridgehead atoms. The van der Waals surface area contributed by atoms with E-state index in [4.69, 9.17) is 15.2 Å². The number of anilines is 4. The smallest absolute Gasteiger partial charge is 0.135 e. The molecule has 0 radical (unpaired) electrons. The van der Waals surface area contributed by atoms with Crippen molar-refractivity contribution in [3.8, 4) is 17.3 Å². The molecule has 0 N–H and O–H groups in total. The number of hydrogen-bond donors (Lipinski definition) is 0. The Morgan fingerprint density at radius 1 is 0.682 bits per heavy atom. The maximum atomic E-state index is 9.13. The van der Waals surface area contributed by atoms with Gasteiger partial charge in [0.15, 0.2) is 0 Å². The second-order valence-corrected chi connectivity index (χ2v) is 27.1. The Hall–Kier alpha value is -4.64. The summed E-state index contributed by atoms with van der Waals surface area (Å²) in [6.07, 6.45) is 14.4. The standard InChI is InChI=1S/C59H67N4OSi.Pt/c1-58(2,3)42-30-31-60-56(34-42)63-52-25-17-16-24-48(52)49-29-28-45(38-55(49)63)64-46-35-44(36-47(37-46)65(7,8)9)61-39-62(54-27-19-18-26-53(54)61)57-50(40-20-12-10-13-21-40)32-43(59(4,5)6)33-51(57)41-22-14-11-15-23-41;/h16-19,24-34,36-37,39-41H,10-15,20-23H2,1-9H3;/q-3;/i16D,17D,24D,25D;. The molecule has 0 unspecified atom stereocenters. The molecule has 5 aromatic carbocycles. The van der Waals surface area contributed by atoms with E-state index in [1.54, 1.807) is 6.20 Å². The topological polar surface area (TPSA) is 33.5 Å². The number of benzene rings is 5. The summed E-state index contributed by atoms with van der Waals surface area (Å²) in [5.74, 6) is 2.61. The van der Waals surface area contributed by atoms with Gasteiger partial charge in [0, 0.05) is 61.3 Å². The Labute approximate surface area is 415 Å². The number of ether oxygens (including phenoxy) is 1. The first kappa shape index (κ1) is 41.5. The van der Waals surface area contributed by atoms with Gasteiger partial charge < -0.3 is 19.1 Å². The molecule has 0 spiro atoms. The summed E-state index contributed by atoms with van der Waals surface area (Å²) in [4.78, 5) is 9.63. The minimum Gasteiger partial charge on any atom is -0.509 e. The maximum absolute atomic E-state index is 9.13. The van der Waals surface area contributed by atoms with Crippen LogP contribution in [-0.2, 0) is 31.9 Å². The Morgan fingerprint density at radius 3 is 1.92 bits per heavy atom. The Kier molecular flexibility index (Phi) is 11.4.